The van der Waals surface area contributed by atoms with E-state index < -0.39 is 0 Å². The summed E-state index contributed by atoms with van der Waals surface area (Å²) < 4.78 is 5.78. The summed E-state index contributed by atoms with van der Waals surface area (Å²) in [5.41, 5.74) is 3.11. The van der Waals surface area contributed by atoms with Crippen LogP contribution in [0.2, 0.25) is 0 Å². The van der Waals surface area contributed by atoms with Gasteiger partial charge in [0, 0.05) is 36.1 Å². The zero-order chi connectivity index (χ0) is 17.5. The highest BCUT2D eigenvalue weighted by molar-refractivity contribution is 5.32. The molecule has 128 valence electrons. The van der Waals surface area contributed by atoms with Crippen molar-refractivity contribution in [2.24, 2.45) is 0 Å². The number of phenolic OH excluding ortho intramolecular Hbond substituents is 1. The van der Waals surface area contributed by atoms with E-state index in [2.05, 4.69) is 29.4 Å². The number of nitrogens with one attached hydrogen (secondary N) is 1. The molecular formula is C21H22N2O2. The smallest absolute Gasteiger partial charge is 0.120 e. The van der Waals surface area contributed by atoms with E-state index in [0.29, 0.717) is 18.9 Å². The van der Waals surface area contributed by atoms with Gasteiger partial charge in [-0.2, -0.15) is 0 Å². The lowest BCUT2D eigenvalue weighted by atomic mass is 10.1. The van der Waals surface area contributed by atoms with Gasteiger partial charge in [0.15, 0.2) is 0 Å². The van der Waals surface area contributed by atoms with E-state index in [1.807, 2.05) is 42.5 Å². The number of rotatable bonds is 7. The minimum absolute atomic E-state index is 0.173. The van der Waals surface area contributed by atoms with Crippen LogP contribution in [0, 0.1) is 0 Å². The molecule has 0 saturated carbocycles. The quantitative estimate of drug-likeness (QED) is 0.679. The Bertz CT molecular complexity index is 789. The van der Waals surface area contributed by atoms with Crippen molar-refractivity contribution in [1.29, 1.82) is 0 Å². The summed E-state index contributed by atoms with van der Waals surface area (Å²) in [4.78, 5) is 4.08. The SMILES string of the molecule is C[C@@H](NCc1ccccc1O)c1ccc(OCc2cccnc2)cc1. The van der Waals surface area contributed by atoms with E-state index in [-0.39, 0.29) is 6.04 Å². The second-order valence-corrected chi connectivity index (χ2v) is 5.95. The van der Waals surface area contributed by atoms with Gasteiger partial charge in [-0.1, -0.05) is 36.4 Å². The zero-order valence-electron chi connectivity index (χ0n) is 14.2. The van der Waals surface area contributed by atoms with Crippen molar-refractivity contribution in [3.63, 3.8) is 0 Å². The van der Waals surface area contributed by atoms with Crippen LogP contribution < -0.4 is 10.1 Å². The molecule has 4 heteroatoms. The molecule has 0 amide bonds. The summed E-state index contributed by atoms with van der Waals surface area (Å²) in [5.74, 6) is 1.15. The van der Waals surface area contributed by atoms with Crippen molar-refractivity contribution in [3.8, 4) is 11.5 Å². The second kappa shape index (κ2) is 8.31. The number of ether oxygens (including phenoxy) is 1. The van der Waals surface area contributed by atoms with Crippen LogP contribution in [0.5, 0.6) is 11.5 Å². The number of nitrogens with zero attached hydrogens (tertiary/aromatic N) is 1. The van der Waals surface area contributed by atoms with Gasteiger partial charge in [0.25, 0.3) is 0 Å². The number of aromatic nitrogens is 1. The van der Waals surface area contributed by atoms with E-state index in [1.165, 1.54) is 5.56 Å². The van der Waals surface area contributed by atoms with Gasteiger partial charge in [0.2, 0.25) is 0 Å². The molecule has 0 unspecified atom stereocenters. The standard InChI is InChI=1S/C21H22N2O2/c1-16(23-14-19-6-2-3-7-21(19)24)18-8-10-20(11-9-18)25-15-17-5-4-12-22-13-17/h2-13,16,23-24H,14-15H2,1H3/t16-/m1/s1. The summed E-state index contributed by atoms with van der Waals surface area (Å²) in [6, 6.07) is 19.5. The summed E-state index contributed by atoms with van der Waals surface area (Å²) in [7, 11) is 0. The Morgan fingerprint density at radius 1 is 1.04 bits per heavy atom. The van der Waals surface area contributed by atoms with Gasteiger partial charge in [-0.15, -0.1) is 0 Å². The van der Waals surface area contributed by atoms with Gasteiger partial charge >= 0.3 is 0 Å². The van der Waals surface area contributed by atoms with Crippen LogP contribution in [0.3, 0.4) is 0 Å². The summed E-state index contributed by atoms with van der Waals surface area (Å²) in [6.07, 6.45) is 3.56. The molecule has 0 radical (unpaired) electrons. The maximum absolute atomic E-state index is 9.82. The monoisotopic (exact) mass is 334 g/mol. The zero-order valence-corrected chi connectivity index (χ0v) is 14.2. The van der Waals surface area contributed by atoms with Crippen LogP contribution in [-0.4, -0.2) is 10.1 Å². The highest BCUT2D eigenvalue weighted by Gasteiger charge is 2.07. The van der Waals surface area contributed by atoms with Crippen molar-refractivity contribution < 1.29 is 9.84 Å². The first-order chi connectivity index (χ1) is 12.2. The first-order valence-corrected chi connectivity index (χ1v) is 8.34. The Hall–Kier alpha value is -2.85. The van der Waals surface area contributed by atoms with Crippen LogP contribution in [0.4, 0.5) is 0 Å². The molecule has 0 spiro atoms. The number of para-hydroxylation sites is 1. The number of phenols is 1. The van der Waals surface area contributed by atoms with Gasteiger partial charge in [-0.25, -0.2) is 0 Å². The maximum atomic E-state index is 9.82. The third kappa shape index (κ3) is 4.81. The largest absolute Gasteiger partial charge is 0.508 e. The predicted octanol–water partition coefficient (Wildman–Crippen LogP) is 4.22. The fourth-order valence-corrected chi connectivity index (χ4v) is 2.54. The molecule has 0 aliphatic heterocycles. The van der Waals surface area contributed by atoms with Crippen molar-refractivity contribution >= 4 is 0 Å². The molecule has 4 nitrogen and oxygen atoms in total. The molecule has 1 heterocycles. The van der Waals surface area contributed by atoms with Crippen LogP contribution in [0.25, 0.3) is 0 Å². The number of hydrogen-bond donors (Lipinski definition) is 2. The van der Waals surface area contributed by atoms with E-state index in [0.717, 1.165) is 16.9 Å². The average molecular weight is 334 g/mol. The molecule has 0 saturated heterocycles. The summed E-state index contributed by atoms with van der Waals surface area (Å²) in [6.45, 7) is 3.23. The fourth-order valence-electron chi connectivity index (χ4n) is 2.54. The van der Waals surface area contributed by atoms with Crippen LogP contribution >= 0.6 is 0 Å². The van der Waals surface area contributed by atoms with Gasteiger partial charge in [0.05, 0.1) is 0 Å². The molecule has 3 rings (SSSR count). The topological polar surface area (TPSA) is 54.4 Å². The lowest BCUT2D eigenvalue weighted by Gasteiger charge is -2.15. The second-order valence-electron chi connectivity index (χ2n) is 5.95. The maximum Gasteiger partial charge on any atom is 0.120 e. The van der Waals surface area contributed by atoms with E-state index in [4.69, 9.17) is 4.74 Å². The minimum atomic E-state index is 0.173. The Balaban J connectivity index is 1.53. The number of aromatic hydroxyl groups is 1. The van der Waals surface area contributed by atoms with Crippen LogP contribution in [0.1, 0.15) is 29.7 Å². The molecule has 25 heavy (non-hydrogen) atoms. The van der Waals surface area contributed by atoms with Gasteiger partial charge < -0.3 is 15.2 Å². The van der Waals surface area contributed by atoms with Crippen LogP contribution in [0.15, 0.2) is 73.1 Å². The Kier molecular flexibility index (Phi) is 5.65. The Morgan fingerprint density at radius 3 is 2.56 bits per heavy atom. The first kappa shape index (κ1) is 17.0. The average Bonchev–Trinajstić information content (AvgIpc) is 2.67. The predicted molar refractivity (Wildman–Crippen MR) is 98.4 cm³/mol. The third-order valence-corrected chi connectivity index (χ3v) is 4.10. The summed E-state index contributed by atoms with van der Waals surface area (Å²) in [5, 5.41) is 13.2. The summed E-state index contributed by atoms with van der Waals surface area (Å²) >= 11 is 0. The number of pyridine rings is 1. The molecule has 0 fully saturated rings. The number of hydrogen-bond acceptors (Lipinski definition) is 4. The molecule has 2 aromatic carbocycles. The Morgan fingerprint density at radius 2 is 1.84 bits per heavy atom. The minimum Gasteiger partial charge on any atom is -0.508 e. The number of benzene rings is 2. The van der Waals surface area contributed by atoms with Crippen LogP contribution in [-0.2, 0) is 13.2 Å². The molecular weight excluding hydrogens is 312 g/mol. The first-order valence-electron chi connectivity index (χ1n) is 8.34. The molecule has 0 aliphatic rings. The fraction of sp³-hybridized carbons (Fsp3) is 0.190. The van der Waals surface area contributed by atoms with E-state index in [9.17, 15) is 5.11 Å². The van der Waals surface area contributed by atoms with E-state index >= 15 is 0 Å². The van der Waals surface area contributed by atoms with Gasteiger partial charge in [0.1, 0.15) is 18.1 Å². The van der Waals surface area contributed by atoms with Crippen molar-refractivity contribution in [1.82, 2.24) is 10.3 Å². The molecule has 2 N–H and O–H groups in total. The van der Waals surface area contributed by atoms with Gasteiger partial charge in [-0.05, 0) is 36.8 Å². The molecule has 0 aliphatic carbocycles. The van der Waals surface area contributed by atoms with Gasteiger partial charge in [-0.3, -0.25) is 4.98 Å². The van der Waals surface area contributed by atoms with E-state index in [1.54, 1.807) is 18.5 Å². The lowest BCUT2D eigenvalue weighted by molar-refractivity contribution is 0.305. The highest BCUT2D eigenvalue weighted by Crippen LogP contribution is 2.20. The molecule has 1 atom stereocenters. The molecule has 0 bridgehead atoms. The lowest BCUT2D eigenvalue weighted by Crippen LogP contribution is -2.18. The Labute approximate surface area is 148 Å². The highest BCUT2D eigenvalue weighted by atomic mass is 16.5. The van der Waals surface area contributed by atoms with Crippen molar-refractivity contribution in [2.45, 2.75) is 26.1 Å². The molecule has 3 aromatic rings. The van der Waals surface area contributed by atoms with Crippen molar-refractivity contribution in [2.75, 3.05) is 0 Å². The normalized spacial score (nSPS) is 11.9. The third-order valence-electron chi connectivity index (χ3n) is 4.10. The molecule has 1 aromatic heterocycles. The van der Waals surface area contributed by atoms with Crippen molar-refractivity contribution in [3.05, 3.63) is 89.7 Å².